The summed E-state index contributed by atoms with van der Waals surface area (Å²) in [5.41, 5.74) is 1.87. The Morgan fingerprint density at radius 3 is 2.62 bits per heavy atom. The van der Waals surface area contributed by atoms with Crippen LogP contribution in [0.1, 0.15) is 24.1 Å². The van der Waals surface area contributed by atoms with Gasteiger partial charge in [0.25, 0.3) is 5.78 Å². The maximum atomic E-state index is 13.3. The third-order valence-corrected chi connectivity index (χ3v) is 7.03. The van der Waals surface area contributed by atoms with Crippen molar-refractivity contribution in [1.82, 2.24) is 4.98 Å². The van der Waals surface area contributed by atoms with E-state index in [1.807, 2.05) is 55.5 Å². The highest BCUT2D eigenvalue weighted by Gasteiger charge is 2.48. The molecule has 1 atom stereocenters. The van der Waals surface area contributed by atoms with Crippen molar-refractivity contribution in [3.8, 4) is 5.75 Å². The highest BCUT2D eigenvalue weighted by atomic mass is 79.9. The van der Waals surface area contributed by atoms with Crippen LogP contribution in [-0.2, 0) is 9.59 Å². The number of Topliss-reactive ketones (excluding diaryl/α,β-unsaturated/α-hetero) is 1. The summed E-state index contributed by atoms with van der Waals surface area (Å²) in [7, 11) is 0. The molecule has 5 rings (SSSR count). The Bertz CT molecular complexity index is 1450. The first kappa shape index (κ1) is 22.3. The van der Waals surface area contributed by atoms with Crippen LogP contribution in [0.15, 0.2) is 82.8 Å². The fourth-order valence-electron chi connectivity index (χ4n) is 4.03. The number of thiazole rings is 1. The minimum absolute atomic E-state index is 0.0311. The standard InChI is InChI=1S/C26H19BrN2O4S/c1-2-33-18-11-12-19-20(14-18)34-26(28-19)29-22(16-9-6-10-17(27)13-16)21(24(31)25(29)32)23(30)15-7-4-3-5-8-15/h3-14,22,30H,2H2,1H3/b23-21+/t22-/m0/s1. The van der Waals surface area contributed by atoms with Gasteiger partial charge in [-0.2, -0.15) is 0 Å². The Kier molecular flexibility index (Phi) is 5.93. The quantitative estimate of drug-likeness (QED) is 0.190. The molecule has 0 aliphatic carbocycles. The Hall–Kier alpha value is -3.49. The van der Waals surface area contributed by atoms with Gasteiger partial charge in [-0.05, 0) is 42.8 Å². The van der Waals surface area contributed by atoms with E-state index in [1.54, 1.807) is 24.3 Å². The van der Waals surface area contributed by atoms with Crippen molar-refractivity contribution in [2.24, 2.45) is 0 Å². The third kappa shape index (κ3) is 3.89. The maximum absolute atomic E-state index is 13.3. The van der Waals surface area contributed by atoms with Gasteiger partial charge in [0.2, 0.25) is 0 Å². The van der Waals surface area contributed by atoms with Gasteiger partial charge in [-0.15, -0.1) is 0 Å². The lowest BCUT2D eigenvalue weighted by Crippen LogP contribution is -2.29. The zero-order valence-electron chi connectivity index (χ0n) is 18.1. The average Bonchev–Trinajstić information content (AvgIpc) is 3.37. The molecule has 8 heteroatoms. The van der Waals surface area contributed by atoms with Crippen LogP contribution in [0.3, 0.4) is 0 Å². The molecule has 34 heavy (non-hydrogen) atoms. The number of carbonyl (C=O) groups is 2. The third-order valence-electron chi connectivity index (χ3n) is 5.52. The highest BCUT2D eigenvalue weighted by molar-refractivity contribution is 9.10. The van der Waals surface area contributed by atoms with Crippen LogP contribution < -0.4 is 9.64 Å². The van der Waals surface area contributed by atoms with Crippen molar-refractivity contribution in [1.29, 1.82) is 0 Å². The lowest BCUT2D eigenvalue weighted by Gasteiger charge is -2.23. The summed E-state index contributed by atoms with van der Waals surface area (Å²) in [4.78, 5) is 32.6. The number of aliphatic hydroxyl groups excluding tert-OH is 1. The predicted molar refractivity (Wildman–Crippen MR) is 136 cm³/mol. The molecule has 1 saturated heterocycles. The average molecular weight is 535 g/mol. The number of hydrogen-bond donors (Lipinski definition) is 1. The Balaban J connectivity index is 1.70. The van der Waals surface area contributed by atoms with Crippen LogP contribution in [0.25, 0.3) is 16.0 Å². The molecule has 4 aromatic rings. The molecule has 1 aliphatic heterocycles. The fraction of sp³-hybridized carbons (Fsp3) is 0.115. The molecule has 0 saturated carbocycles. The van der Waals surface area contributed by atoms with E-state index < -0.39 is 17.7 Å². The molecule has 3 aromatic carbocycles. The molecule has 0 spiro atoms. The fourth-order valence-corrected chi connectivity index (χ4v) is 5.46. The van der Waals surface area contributed by atoms with E-state index in [0.717, 1.165) is 9.17 Å². The normalized spacial score (nSPS) is 17.5. The highest BCUT2D eigenvalue weighted by Crippen LogP contribution is 2.45. The van der Waals surface area contributed by atoms with Gasteiger partial charge in [-0.3, -0.25) is 14.5 Å². The second-order valence-electron chi connectivity index (χ2n) is 7.65. The SMILES string of the molecule is CCOc1ccc2nc(N3C(=O)C(=O)/C(=C(/O)c4ccccc4)[C@@H]3c3cccc(Br)c3)sc2c1. The summed E-state index contributed by atoms with van der Waals surface area (Å²) >= 11 is 4.77. The number of amides is 1. The number of benzene rings is 3. The molecular formula is C26H19BrN2O4S. The molecule has 1 aromatic heterocycles. The first-order valence-electron chi connectivity index (χ1n) is 10.6. The Morgan fingerprint density at radius 1 is 1.09 bits per heavy atom. The molecule has 1 aliphatic rings. The summed E-state index contributed by atoms with van der Waals surface area (Å²) in [6.07, 6.45) is 0. The van der Waals surface area contributed by atoms with Crippen molar-refractivity contribution < 1.29 is 19.4 Å². The van der Waals surface area contributed by atoms with E-state index in [2.05, 4.69) is 20.9 Å². The molecule has 2 heterocycles. The van der Waals surface area contributed by atoms with Crippen molar-refractivity contribution in [3.63, 3.8) is 0 Å². The predicted octanol–water partition coefficient (Wildman–Crippen LogP) is 6.08. The molecule has 0 bridgehead atoms. The van der Waals surface area contributed by atoms with Crippen LogP contribution >= 0.6 is 27.3 Å². The van der Waals surface area contributed by atoms with Gasteiger partial charge in [0, 0.05) is 10.0 Å². The summed E-state index contributed by atoms with van der Waals surface area (Å²) < 4.78 is 7.21. The maximum Gasteiger partial charge on any atom is 0.301 e. The number of carbonyl (C=O) groups excluding carboxylic acids is 2. The second kappa shape index (κ2) is 9.04. The van der Waals surface area contributed by atoms with Gasteiger partial charge in [0.1, 0.15) is 11.5 Å². The van der Waals surface area contributed by atoms with E-state index in [-0.39, 0.29) is 11.3 Å². The lowest BCUT2D eigenvalue weighted by molar-refractivity contribution is -0.132. The first-order valence-corrected chi connectivity index (χ1v) is 12.2. The van der Waals surface area contributed by atoms with E-state index in [1.165, 1.54) is 16.2 Å². The van der Waals surface area contributed by atoms with Crippen molar-refractivity contribution in [2.45, 2.75) is 13.0 Å². The summed E-state index contributed by atoms with van der Waals surface area (Å²) in [6, 6.07) is 20.8. The van der Waals surface area contributed by atoms with Gasteiger partial charge in [-0.25, -0.2) is 4.98 Å². The largest absolute Gasteiger partial charge is 0.507 e. The molecule has 1 amide bonds. The second-order valence-corrected chi connectivity index (χ2v) is 9.57. The van der Waals surface area contributed by atoms with Gasteiger partial charge in [0.15, 0.2) is 5.13 Å². The van der Waals surface area contributed by atoms with Crippen LogP contribution in [-0.4, -0.2) is 28.4 Å². The van der Waals surface area contributed by atoms with Gasteiger partial charge in [-0.1, -0.05) is 69.7 Å². The van der Waals surface area contributed by atoms with E-state index in [9.17, 15) is 14.7 Å². The number of rotatable bonds is 5. The molecule has 1 fully saturated rings. The van der Waals surface area contributed by atoms with Gasteiger partial charge < -0.3 is 9.84 Å². The van der Waals surface area contributed by atoms with E-state index in [0.29, 0.717) is 34.1 Å². The molecule has 1 N–H and O–H groups in total. The number of hydrogen-bond acceptors (Lipinski definition) is 6. The number of ether oxygens (including phenoxy) is 1. The number of nitrogens with zero attached hydrogens (tertiary/aromatic N) is 2. The molecule has 0 unspecified atom stereocenters. The van der Waals surface area contributed by atoms with Gasteiger partial charge in [0.05, 0.1) is 28.4 Å². The Labute approximate surface area is 208 Å². The van der Waals surface area contributed by atoms with Crippen molar-refractivity contribution in [2.75, 3.05) is 11.5 Å². The monoisotopic (exact) mass is 534 g/mol. The van der Waals surface area contributed by atoms with Crippen LogP contribution in [0.5, 0.6) is 5.75 Å². The number of fused-ring (bicyclic) bond motifs is 1. The number of aliphatic hydroxyl groups is 1. The van der Waals surface area contributed by atoms with Gasteiger partial charge >= 0.3 is 5.91 Å². The Morgan fingerprint density at radius 2 is 1.88 bits per heavy atom. The molecule has 6 nitrogen and oxygen atoms in total. The smallest absolute Gasteiger partial charge is 0.301 e. The first-order chi connectivity index (χ1) is 16.5. The zero-order chi connectivity index (χ0) is 23.8. The minimum Gasteiger partial charge on any atom is -0.507 e. The van der Waals surface area contributed by atoms with Crippen LogP contribution in [0.2, 0.25) is 0 Å². The summed E-state index contributed by atoms with van der Waals surface area (Å²) in [6.45, 7) is 2.45. The molecule has 170 valence electrons. The number of anilines is 1. The van der Waals surface area contributed by atoms with Crippen molar-refractivity contribution in [3.05, 3.63) is 94.0 Å². The number of aromatic nitrogens is 1. The minimum atomic E-state index is -0.829. The summed E-state index contributed by atoms with van der Waals surface area (Å²) in [5, 5.41) is 11.5. The lowest BCUT2D eigenvalue weighted by atomic mass is 9.95. The topological polar surface area (TPSA) is 79.7 Å². The van der Waals surface area contributed by atoms with Crippen LogP contribution in [0, 0.1) is 0 Å². The van der Waals surface area contributed by atoms with Crippen molar-refractivity contribution >= 4 is 60.1 Å². The molecular weight excluding hydrogens is 516 g/mol. The van der Waals surface area contributed by atoms with E-state index in [4.69, 9.17) is 4.74 Å². The molecule has 0 radical (unpaired) electrons. The van der Waals surface area contributed by atoms with E-state index >= 15 is 0 Å². The number of halogens is 1. The van der Waals surface area contributed by atoms with Crippen LogP contribution in [0.4, 0.5) is 5.13 Å². The summed E-state index contributed by atoms with van der Waals surface area (Å²) in [5.74, 6) is -0.988. The zero-order valence-corrected chi connectivity index (χ0v) is 20.5. The number of ketones is 1.